The first kappa shape index (κ1) is 16.1. The Labute approximate surface area is 140 Å². The predicted octanol–water partition coefficient (Wildman–Crippen LogP) is 3.31. The smallest absolute Gasteiger partial charge is 0.411 e. The number of esters is 1. The van der Waals surface area contributed by atoms with E-state index in [9.17, 15) is 9.59 Å². The monoisotopic (exact) mass is 325 g/mol. The lowest BCUT2D eigenvalue weighted by Gasteiger charge is -2.38. The van der Waals surface area contributed by atoms with Gasteiger partial charge in [0, 0.05) is 0 Å². The highest BCUT2D eigenvalue weighted by Crippen LogP contribution is 2.28. The molecule has 0 aromatic heterocycles. The Morgan fingerprint density at radius 3 is 2.42 bits per heavy atom. The Morgan fingerprint density at radius 1 is 1.12 bits per heavy atom. The fourth-order valence-electron chi connectivity index (χ4n) is 2.76. The average molecular weight is 325 g/mol. The van der Waals surface area contributed by atoms with E-state index in [-0.39, 0.29) is 19.3 Å². The molecule has 0 spiro atoms. The normalized spacial score (nSPS) is 20.4. The number of hydrogen-bond donors (Lipinski definition) is 0. The number of amides is 1. The number of ether oxygens (including phenoxy) is 2. The topological polar surface area (TPSA) is 55.8 Å². The van der Waals surface area contributed by atoms with Crippen molar-refractivity contribution in [1.82, 2.24) is 4.90 Å². The lowest BCUT2D eigenvalue weighted by atomic mass is 10.0. The van der Waals surface area contributed by atoms with Gasteiger partial charge in [0.15, 0.2) is 0 Å². The Kier molecular flexibility index (Phi) is 4.79. The van der Waals surface area contributed by atoms with Crippen LogP contribution in [0, 0.1) is 0 Å². The second-order valence-corrected chi connectivity index (χ2v) is 5.68. The van der Waals surface area contributed by atoms with Gasteiger partial charge in [-0.3, -0.25) is 4.90 Å². The second-order valence-electron chi connectivity index (χ2n) is 5.68. The predicted molar refractivity (Wildman–Crippen MR) is 88.1 cm³/mol. The second kappa shape index (κ2) is 7.17. The van der Waals surface area contributed by atoms with Crippen LogP contribution in [0.3, 0.4) is 0 Å². The molecule has 1 aliphatic heterocycles. The quantitative estimate of drug-likeness (QED) is 0.813. The highest BCUT2D eigenvalue weighted by atomic mass is 16.6. The lowest BCUT2D eigenvalue weighted by molar-refractivity contribution is -0.160. The van der Waals surface area contributed by atoms with E-state index in [0.717, 1.165) is 11.1 Å². The number of hydrogen-bond acceptors (Lipinski definition) is 4. The number of carbonyl (C=O) groups excluding carboxylic acids is 2. The zero-order valence-corrected chi connectivity index (χ0v) is 13.4. The van der Waals surface area contributed by atoms with Crippen LogP contribution in [0.4, 0.5) is 4.79 Å². The van der Waals surface area contributed by atoms with Gasteiger partial charge >= 0.3 is 12.1 Å². The summed E-state index contributed by atoms with van der Waals surface area (Å²) >= 11 is 0. The minimum atomic E-state index is -0.688. The molecule has 1 heterocycles. The number of benzene rings is 2. The molecule has 5 heteroatoms. The molecule has 3 rings (SSSR count). The molecule has 5 nitrogen and oxygen atoms in total. The van der Waals surface area contributed by atoms with Gasteiger partial charge in [0.25, 0.3) is 0 Å². The molecule has 2 aromatic carbocycles. The summed E-state index contributed by atoms with van der Waals surface area (Å²) in [5.74, 6) is -0.418. The van der Waals surface area contributed by atoms with Gasteiger partial charge in [0.2, 0.25) is 0 Å². The number of morpholine rings is 1. The molecule has 24 heavy (non-hydrogen) atoms. The first-order valence-corrected chi connectivity index (χ1v) is 7.87. The minimum absolute atomic E-state index is 0.133. The number of carbonyl (C=O) groups is 2. The molecule has 1 amide bonds. The van der Waals surface area contributed by atoms with Gasteiger partial charge < -0.3 is 9.47 Å². The van der Waals surface area contributed by atoms with Gasteiger partial charge in [-0.25, -0.2) is 9.59 Å². The van der Waals surface area contributed by atoms with Crippen molar-refractivity contribution in [2.75, 3.05) is 6.61 Å². The summed E-state index contributed by atoms with van der Waals surface area (Å²) in [6, 6.07) is 17.9. The van der Waals surface area contributed by atoms with E-state index in [1.165, 1.54) is 4.90 Å². The van der Waals surface area contributed by atoms with Crippen molar-refractivity contribution < 1.29 is 19.1 Å². The van der Waals surface area contributed by atoms with Crippen molar-refractivity contribution in [3.8, 4) is 0 Å². The van der Waals surface area contributed by atoms with Crippen LogP contribution < -0.4 is 0 Å². The van der Waals surface area contributed by atoms with E-state index in [4.69, 9.17) is 9.47 Å². The van der Waals surface area contributed by atoms with Crippen LogP contribution in [0.5, 0.6) is 0 Å². The SMILES string of the molecule is C[C@@H]1C(=O)OC[C@@H](c2ccccc2)N1C(=O)OCc1ccccc1. The number of cyclic esters (lactones) is 1. The zero-order valence-electron chi connectivity index (χ0n) is 13.4. The first-order chi connectivity index (χ1) is 11.7. The molecular weight excluding hydrogens is 306 g/mol. The molecule has 2 atom stereocenters. The van der Waals surface area contributed by atoms with Gasteiger partial charge in [-0.1, -0.05) is 60.7 Å². The largest absolute Gasteiger partial charge is 0.462 e. The van der Waals surface area contributed by atoms with E-state index in [1.54, 1.807) is 6.92 Å². The van der Waals surface area contributed by atoms with Crippen molar-refractivity contribution in [2.45, 2.75) is 25.6 Å². The molecule has 0 N–H and O–H groups in total. The summed E-state index contributed by atoms with van der Waals surface area (Å²) in [4.78, 5) is 26.0. The summed E-state index contributed by atoms with van der Waals surface area (Å²) in [6.45, 7) is 1.95. The Hall–Kier alpha value is -2.82. The van der Waals surface area contributed by atoms with Crippen LogP contribution in [0.2, 0.25) is 0 Å². The molecule has 0 radical (unpaired) electrons. The van der Waals surface area contributed by atoms with Crippen molar-refractivity contribution >= 4 is 12.1 Å². The number of nitrogens with zero attached hydrogens (tertiary/aromatic N) is 1. The first-order valence-electron chi connectivity index (χ1n) is 7.87. The van der Waals surface area contributed by atoms with Crippen molar-refractivity contribution in [2.24, 2.45) is 0 Å². The molecule has 0 saturated carbocycles. The molecule has 0 bridgehead atoms. The summed E-state index contributed by atoms with van der Waals surface area (Å²) in [7, 11) is 0. The maximum absolute atomic E-state index is 12.6. The Balaban J connectivity index is 1.77. The molecular formula is C19H19NO4. The van der Waals surface area contributed by atoms with E-state index in [2.05, 4.69) is 0 Å². The maximum Gasteiger partial charge on any atom is 0.411 e. The van der Waals surface area contributed by atoms with Gasteiger partial charge in [0.1, 0.15) is 19.3 Å². The van der Waals surface area contributed by atoms with E-state index in [0.29, 0.717) is 0 Å². The van der Waals surface area contributed by atoms with Crippen molar-refractivity contribution in [3.05, 3.63) is 71.8 Å². The summed E-state index contributed by atoms with van der Waals surface area (Å²) in [5, 5.41) is 0. The summed E-state index contributed by atoms with van der Waals surface area (Å²) in [5.41, 5.74) is 1.81. The van der Waals surface area contributed by atoms with Gasteiger partial charge in [0.05, 0.1) is 6.04 Å². The maximum atomic E-state index is 12.6. The fraction of sp³-hybridized carbons (Fsp3) is 0.263. The molecule has 124 valence electrons. The van der Waals surface area contributed by atoms with Crippen molar-refractivity contribution in [1.29, 1.82) is 0 Å². The molecule has 1 saturated heterocycles. The summed E-state index contributed by atoms with van der Waals surface area (Å²) < 4.78 is 10.6. The minimum Gasteiger partial charge on any atom is -0.462 e. The molecule has 0 unspecified atom stereocenters. The van der Waals surface area contributed by atoms with E-state index in [1.807, 2.05) is 60.7 Å². The van der Waals surface area contributed by atoms with Crippen LogP contribution in [0.1, 0.15) is 24.1 Å². The van der Waals surface area contributed by atoms with Gasteiger partial charge in [-0.15, -0.1) is 0 Å². The molecule has 0 aliphatic carbocycles. The standard InChI is InChI=1S/C19H19NO4/c1-14-18(21)23-13-17(16-10-6-3-7-11-16)20(14)19(22)24-12-15-8-4-2-5-9-15/h2-11,14,17H,12-13H2,1H3/t14-,17+/m1/s1. The molecule has 1 aliphatic rings. The Bertz CT molecular complexity index is 702. The highest BCUT2D eigenvalue weighted by molar-refractivity contribution is 5.82. The number of rotatable bonds is 3. The fourth-order valence-corrected chi connectivity index (χ4v) is 2.76. The van der Waals surface area contributed by atoms with Gasteiger partial charge in [-0.2, -0.15) is 0 Å². The van der Waals surface area contributed by atoms with E-state index >= 15 is 0 Å². The van der Waals surface area contributed by atoms with Crippen LogP contribution in [0.25, 0.3) is 0 Å². The lowest BCUT2D eigenvalue weighted by Crippen LogP contribution is -2.52. The highest BCUT2D eigenvalue weighted by Gasteiger charge is 2.40. The van der Waals surface area contributed by atoms with E-state index < -0.39 is 18.1 Å². The third kappa shape index (κ3) is 3.40. The average Bonchev–Trinajstić information content (AvgIpc) is 2.63. The third-order valence-corrected chi connectivity index (χ3v) is 4.08. The van der Waals surface area contributed by atoms with Crippen LogP contribution in [-0.4, -0.2) is 29.6 Å². The zero-order chi connectivity index (χ0) is 16.9. The van der Waals surface area contributed by atoms with Crippen LogP contribution in [-0.2, 0) is 20.9 Å². The van der Waals surface area contributed by atoms with Gasteiger partial charge in [-0.05, 0) is 18.1 Å². The molecule has 1 fully saturated rings. The van der Waals surface area contributed by atoms with Crippen molar-refractivity contribution in [3.63, 3.8) is 0 Å². The van der Waals surface area contributed by atoms with Crippen LogP contribution in [0.15, 0.2) is 60.7 Å². The third-order valence-electron chi connectivity index (χ3n) is 4.08. The Morgan fingerprint density at radius 2 is 1.75 bits per heavy atom. The summed E-state index contributed by atoms with van der Waals surface area (Å²) in [6.07, 6.45) is -0.517. The van der Waals surface area contributed by atoms with Crippen LogP contribution >= 0.6 is 0 Å². The molecule has 2 aromatic rings.